The van der Waals surface area contributed by atoms with Crippen molar-refractivity contribution in [2.24, 2.45) is 0 Å². The lowest BCUT2D eigenvalue weighted by Crippen LogP contribution is -2.02. The Bertz CT molecular complexity index is 402. The van der Waals surface area contributed by atoms with Crippen molar-refractivity contribution in [2.75, 3.05) is 12.5 Å². The Kier molecular flexibility index (Phi) is 4.62. The van der Waals surface area contributed by atoms with Crippen LogP contribution in [0.1, 0.15) is 34.6 Å². The van der Waals surface area contributed by atoms with E-state index in [4.69, 9.17) is 0 Å². The zero-order valence-corrected chi connectivity index (χ0v) is 11.4. The minimum Gasteiger partial charge on any atom is -0.294 e. The van der Waals surface area contributed by atoms with E-state index in [1.165, 1.54) is 37.4 Å². The Morgan fingerprint density at radius 2 is 1.25 bits per heavy atom. The van der Waals surface area contributed by atoms with Gasteiger partial charge in [0.1, 0.15) is 0 Å². The maximum absolute atomic E-state index is 11.5. The molecule has 16 heavy (non-hydrogen) atoms. The number of hydrogen-bond acceptors (Lipinski definition) is 4. The van der Waals surface area contributed by atoms with Gasteiger partial charge in [-0.15, -0.1) is 23.5 Å². The molecule has 0 bridgehead atoms. The lowest BCUT2D eigenvalue weighted by atomic mass is 10.1. The molecule has 0 N–H and O–H groups in total. The van der Waals surface area contributed by atoms with Crippen molar-refractivity contribution in [3.05, 3.63) is 23.3 Å². The number of thioether (sulfide) groups is 2. The summed E-state index contributed by atoms with van der Waals surface area (Å²) in [7, 11) is 0. The van der Waals surface area contributed by atoms with E-state index in [0.29, 0.717) is 11.1 Å². The van der Waals surface area contributed by atoms with Crippen molar-refractivity contribution in [3.63, 3.8) is 0 Å². The van der Waals surface area contributed by atoms with E-state index in [1.807, 2.05) is 18.6 Å². The van der Waals surface area contributed by atoms with Crippen molar-refractivity contribution < 1.29 is 9.59 Å². The molecule has 0 fully saturated rings. The maximum Gasteiger partial charge on any atom is 0.160 e. The third-order valence-electron chi connectivity index (χ3n) is 2.28. The lowest BCUT2D eigenvalue weighted by Gasteiger charge is -2.10. The van der Waals surface area contributed by atoms with Gasteiger partial charge in [0, 0.05) is 20.9 Å². The summed E-state index contributed by atoms with van der Waals surface area (Å²) in [5, 5.41) is 0. The normalized spacial score (nSPS) is 10.2. The fourth-order valence-corrected chi connectivity index (χ4v) is 2.84. The van der Waals surface area contributed by atoms with Crippen molar-refractivity contribution in [2.45, 2.75) is 23.6 Å². The molecule has 0 spiro atoms. The smallest absolute Gasteiger partial charge is 0.160 e. The Balaban J connectivity index is 3.46. The van der Waals surface area contributed by atoms with Crippen LogP contribution >= 0.6 is 23.5 Å². The zero-order valence-electron chi connectivity index (χ0n) is 9.79. The van der Waals surface area contributed by atoms with Gasteiger partial charge in [0.25, 0.3) is 0 Å². The molecule has 0 saturated carbocycles. The lowest BCUT2D eigenvalue weighted by molar-refractivity contribution is 0.101. The van der Waals surface area contributed by atoms with E-state index in [9.17, 15) is 9.59 Å². The molecule has 0 radical (unpaired) electrons. The second-order valence-electron chi connectivity index (χ2n) is 3.37. The van der Waals surface area contributed by atoms with Gasteiger partial charge in [-0.3, -0.25) is 9.59 Å². The van der Waals surface area contributed by atoms with E-state index in [0.717, 1.165) is 9.79 Å². The predicted molar refractivity (Wildman–Crippen MR) is 70.0 cm³/mol. The van der Waals surface area contributed by atoms with Crippen LogP contribution in [0.3, 0.4) is 0 Å². The molecular formula is C12H14O2S2. The first-order valence-electron chi connectivity index (χ1n) is 4.79. The Labute approximate surface area is 104 Å². The highest BCUT2D eigenvalue weighted by atomic mass is 32.2. The molecule has 86 valence electrons. The second kappa shape index (κ2) is 5.55. The number of Topliss-reactive ketones (excluding diaryl/α,β-unsaturated/α-hetero) is 2. The summed E-state index contributed by atoms with van der Waals surface area (Å²) in [5.74, 6) is -0.000920. The number of benzene rings is 1. The first-order chi connectivity index (χ1) is 7.51. The topological polar surface area (TPSA) is 34.1 Å². The zero-order chi connectivity index (χ0) is 12.3. The summed E-state index contributed by atoms with van der Waals surface area (Å²) in [6.07, 6.45) is 3.86. The highest BCUT2D eigenvalue weighted by molar-refractivity contribution is 7.99. The number of carbonyl (C=O) groups is 2. The largest absolute Gasteiger partial charge is 0.294 e. The molecule has 0 heterocycles. The van der Waals surface area contributed by atoms with Crippen LogP contribution in [0.4, 0.5) is 0 Å². The fraction of sp³-hybridized carbons (Fsp3) is 0.333. The van der Waals surface area contributed by atoms with Gasteiger partial charge < -0.3 is 0 Å². The number of hydrogen-bond donors (Lipinski definition) is 0. The molecule has 0 aliphatic carbocycles. The van der Waals surface area contributed by atoms with Gasteiger partial charge in [-0.05, 0) is 38.5 Å². The highest BCUT2D eigenvalue weighted by Gasteiger charge is 2.14. The minimum absolute atomic E-state index is 0.000460. The summed E-state index contributed by atoms with van der Waals surface area (Å²) in [5.41, 5.74) is 1.27. The Hall–Kier alpha value is -0.740. The molecule has 1 rings (SSSR count). The summed E-state index contributed by atoms with van der Waals surface area (Å²) in [6, 6.07) is 3.63. The molecule has 0 unspecified atom stereocenters. The Morgan fingerprint density at radius 1 is 0.875 bits per heavy atom. The first-order valence-corrected chi connectivity index (χ1v) is 7.24. The molecule has 0 amide bonds. The molecule has 1 aromatic rings. The average Bonchev–Trinajstić information content (AvgIpc) is 2.26. The van der Waals surface area contributed by atoms with E-state index < -0.39 is 0 Å². The summed E-state index contributed by atoms with van der Waals surface area (Å²) in [6.45, 7) is 3.05. The standard InChI is InChI=1S/C12H14O2S2/c1-7(13)9-5-10(8(2)14)12(16-4)6-11(9)15-3/h5-6H,1-4H3. The summed E-state index contributed by atoms with van der Waals surface area (Å²) >= 11 is 3.06. The summed E-state index contributed by atoms with van der Waals surface area (Å²) < 4.78 is 0. The third kappa shape index (κ3) is 2.68. The van der Waals surface area contributed by atoms with Gasteiger partial charge in [-0.1, -0.05) is 0 Å². The van der Waals surface area contributed by atoms with Gasteiger partial charge >= 0.3 is 0 Å². The molecule has 0 saturated heterocycles. The van der Waals surface area contributed by atoms with Crippen LogP contribution in [0, 0.1) is 0 Å². The van der Waals surface area contributed by atoms with Crippen LogP contribution in [-0.4, -0.2) is 24.1 Å². The molecule has 0 aliphatic heterocycles. The van der Waals surface area contributed by atoms with Gasteiger partial charge in [-0.25, -0.2) is 0 Å². The number of ketones is 2. The van der Waals surface area contributed by atoms with Gasteiger partial charge in [0.15, 0.2) is 11.6 Å². The van der Waals surface area contributed by atoms with E-state index in [1.54, 1.807) is 6.07 Å². The maximum atomic E-state index is 11.5. The number of carbonyl (C=O) groups excluding carboxylic acids is 2. The van der Waals surface area contributed by atoms with Gasteiger partial charge in [0.05, 0.1) is 0 Å². The quantitative estimate of drug-likeness (QED) is 0.608. The van der Waals surface area contributed by atoms with Crippen molar-refractivity contribution >= 4 is 35.1 Å². The molecule has 0 aromatic heterocycles. The van der Waals surface area contributed by atoms with Crippen LogP contribution < -0.4 is 0 Å². The molecule has 0 aliphatic rings. The van der Waals surface area contributed by atoms with Crippen LogP contribution in [0.25, 0.3) is 0 Å². The van der Waals surface area contributed by atoms with Crippen molar-refractivity contribution in [3.8, 4) is 0 Å². The first kappa shape index (κ1) is 13.3. The SMILES string of the molecule is CSc1cc(SC)c(C(C)=O)cc1C(C)=O. The summed E-state index contributed by atoms with van der Waals surface area (Å²) in [4.78, 5) is 24.8. The van der Waals surface area contributed by atoms with Gasteiger partial charge in [-0.2, -0.15) is 0 Å². The van der Waals surface area contributed by atoms with E-state index >= 15 is 0 Å². The molecular weight excluding hydrogens is 240 g/mol. The molecule has 2 nitrogen and oxygen atoms in total. The minimum atomic E-state index is -0.000460. The second-order valence-corrected chi connectivity index (χ2v) is 5.06. The molecule has 1 aromatic carbocycles. The molecule has 0 atom stereocenters. The average molecular weight is 254 g/mol. The van der Waals surface area contributed by atoms with Crippen LogP contribution in [0.5, 0.6) is 0 Å². The monoisotopic (exact) mass is 254 g/mol. The van der Waals surface area contributed by atoms with Crippen molar-refractivity contribution in [1.82, 2.24) is 0 Å². The van der Waals surface area contributed by atoms with E-state index in [-0.39, 0.29) is 11.6 Å². The highest BCUT2D eigenvalue weighted by Crippen LogP contribution is 2.30. The Morgan fingerprint density at radius 3 is 1.50 bits per heavy atom. The van der Waals surface area contributed by atoms with Crippen LogP contribution in [0.2, 0.25) is 0 Å². The van der Waals surface area contributed by atoms with E-state index in [2.05, 4.69) is 0 Å². The van der Waals surface area contributed by atoms with Crippen LogP contribution in [-0.2, 0) is 0 Å². The third-order valence-corrected chi connectivity index (χ3v) is 3.84. The number of rotatable bonds is 4. The van der Waals surface area contributed by atoms with Crippen molar-refractivity contribution in [1.29, 1.82) is 0 Å². The van der Waals surface area contributed by atoms with Crippen LogP contribution in [0.15, 0.2) is 21.9 Å². The molecule has 4 heteroatoms. The predicted octanol–water partition coefficient (Wildman–Crippen LogP) is 3.54. The van der Waals surface area contributed by atoms with Gasteiger partial charge in [0.2, 0.25) is 0 Å². The fourth-order valence-electron chi connectivity index (χ4n) is 1.45.